The molecule has 0 saturated carbocycles. The molecule has 140 valence electrons. The third kappa shape index (κ3) is 3.70. The zero-order valence-electron chi connectivity index (χ0n) is 15.0. The van der Waals surface area contributed by atoms with E-state index in [1.165, 1.54) is 18.9 Å². The average molecular weight is 387 g/mol. The number of aliphatic hydroxyl groups is 1. The first-order chi connectivity index (χ1) is 12.9. The number of benzene rings is 2. The number of anilines is 1. The summed E-state index contributed by atoms with van der Waals surface area (Å²) in [7, 11) is 1.48. The maximum atomic E-state index is 12.9. The predicted molar refractivity (Wildman–Crippen MR) is 101 cm³/mol. The van der Waals surface area contributed by atoms with E-state index in [0.717, 1.165) is 5.56 Å². The Morgan fingerprint density at radius 3 is 2.85 bits per heavy atom. The van der Waals surface area contributed by atoms with Crippen LogP contribution in [0.4, 0.5) is 5.69 Å². The van der Waals surface area contributed by atoms with E-state index in [1.54, 1.807) is 36.4 Å². The molecule has 27 heavy (non-hydrogen) atoms. The molecule has 0 aliphatic carbocycles. The Kier molecular flexibility index (Phi) is 5.26. The summed E-state index contributed by atoms with van der Waals surface area (Å²) >= 11 is 5.93. The van der Waals surface area contributed by atoms with Crippen LogP contribution in [0.5, 0.6) is 11.5 Å². The van der Waals surface area contributed by atoms with Crippen molar-refractivity contribution in [2.75, 3.05) is 25.2 Å². The number of carbonyl (C=O) groups is 1. The van der Waals surface area contributed by atoms with Crippen molar-refractivity contribution >= 4 is 23.2 Å². The molecule has 7 heteroatoms. The van der Waals surface area contributed by atoms with Crippen LogP contribution in [-0.4, -0.2) is 36.9 Å². The Hall–Kier alpha value is -2.75. The zero-order chi connectivity index (χ0) is 19.6. The number of nitriles is 1. The number of ether oxygens (including phenoxy) is 2. The van der Waals surface area contributed by atoms with Gasteiger partial charge in [-0.3, -0.25) is 4.79 Å². The first-order valence-corrected chi connectivity index (χ1v) is 8.78. The molecule has 1 N–H and O–H groups in total. The van der Waals surface area contributed by atoms with Gasteiger partial charge in [0.2, 0.25) is 0 Å². The number of halogens is 1. The standard InChI is InChI=1S/C20H19ClN2O4/c1-20(25,12-27-17-7-6-14(21)10-18(17)26-2)19(24)23-9-8-15-13(11-22)4-3-5-16(15)23/h3-7,10,25H,8-9,12H2,1-2H3/t20-/m0/s1. The minimum absolute atomic E-state index is 0.256. The lowest BCUT2D eigenvalue weighted by Gasteiger charge is -2.28. The van der Waals surface area contributed by atoms with Crippen molar-refractivity contribution in [1.82, 2.24) is 0 Å². The second-order valence-corrected chi connectivity index (χ2v) is 6.92. The van der Waals surface area contributed by atoms with Gasteiger partial charge in [-0.1, -0.05) is 17.7 Å². The van der Waals surface area contributed by atoms with Crippen molar-refractivity contribution in [3.8, 4) is 17.6 Å². The van der Waals surface area contributed by atoms with Gasteiger partial charge in [-0.05, 0) is 43.2 Å². The highest BCUT2D eigenvalue weighted by Crippen LogP contribution is 2.33. The van der Waals surface area contributed by atoms with Crippen molar-refractivity contribution in [1.29, 1.82) is 5.26 Å². The van der Waals surface area contributed by atoms with Crippen molar-refractivity contribution in [2.45, 2.75) is 18.9 Å². The SMILES string of the molecule is COc1cc(Cl)ccc1OC[C@](C)(O)C(=O)N1CCc2c(C#N)cccc21. The number of methoxy groups -OCH3 is 1. The lowest BCUT2D eigenvalue weighted by molar-refractivity contribution is -0.137. The van der Waals surface area contributed by atoms with Crippen LogP contribution in [0.15, 0.2) is 36.4 Å². The van der Waals surface area contributed by atoms with Gasteiger partial charge in [-0.25, -0.2) is 0 Å². The van der Waals surface area contributed by atoms with Crippen molar-refractivity contribution in [3.63, 3.8) is 0 Å². The summed E-state index contributed by atoms with van der Waals surface area (Å²) in [6.45, 7) is 1.56. The topological polar surface area (TPSA) is 82.8 Å². The van der Waals surface area contributed by atoms with Crippen LogP contribution in [0.3, 0.4) is 0 Å². The molecule has 0 spiro atoms. The summed E-state index contributed by atoms with van der Waals surface area (Å²) in [6, 6.07) is 12.2. The largest absolute Gasteiger partial charge is 0.493 e. The van der Waals surface area contributed by atoms with Crippen LogP contribution < -0.4 is 14.4 Å². The fourth-order valence-electron chi connectivity index (χ4n) is 3.08. The Morgan fingerprint density at radius 2 is 2.15 bits per heavy atom. The second-order valence-electron chi connectivity index (χ2n) is 6.48. The molecule has 1 amide bonds. The van der Waals surface area contributed by atoms with Crippen LogP contribution in [0.25, 0.3) is 0 Å². The lowest BCUT2D eigenvalue weighted by Crippen LogP contribution is -2.50. The van der Waals surface area contributed by atoms with E-state index in [2.05, 4.69) is 6.07 Å². The maximum absolute atomic E-state index is 12.9. The van der Waals surface area contributed by atoms with Gasteiger partial charge in [-0.15, -0.1) is 0 Å². The number of carbonyl (C=O) groups excluding carboxylic acids is 1. The number of rotatable bonds is 5. The van der Waals surface area contributed by atoms with Crippen LogP contribution in [0.1, 0.15) is 18.1 Å². The second kappa shape index (κ2) is 7.47. The number of fused-ring (bicyclic) bond motifs is 1. The molecule has 1 aliphatic rings. The smallest absolute Gasteiger partial charge is 0.262 e. The lowest BCUT2D eigenvalue weighted by atomic mass is 10.0. The van der Waals surface area contributed by atoms with Crippen molar-refractivity contribution < 1.29 is 19.4 Å². The summed E-state index contributed by atoms with van der Waals surface area (Å²) in [5, 5.41) is 20.4. The van der Waals surface area contributed by atoms with Gasteiger partial charge in [0, 0.05) is 23.3 Å². The molecule has 6 nitrogen and oxygen atoms in total. The predicted octanol–water partition coefficient (Wildman–Crippen LogP) is 2.94. The molecule has 0 aromatic heterocycles. The number of amides is 1. The molecule has 1 atom stereocenters. The molecule has 2 aromatic carbocycles. The number of hydrogen-bond acceptors (Lipinski definition) is 5. The van der Waals surface area contributed by atoms with Crippen molar-refractivity contribution in [3.05, 3.63) is 52.5 Å². The van der Waals surface area contributed by atoms with Gasteiger partial charge in [-0.2, -0.15) is 5.26 Å². The van der Waals surface area contributed by atoms with E-state index in [-0.39, 0.29) is 6.61 Å². The van der Waals surface area contributed by atoms with Crippen LogP contribution in [-0.2, 0) is 11.2 Å². The molecule has 2 aromatic rings. The third-order valence-electron chi connectivity index (χ3n) is 4.49. The molecular weight excluding hydrogens is 368 g/mol. The maximum Gasteiger partial charge on any atom is 0.262 e. The molecular formula is C20H19ClN2O4. The molecule has 0 radical (unpaired) electrons. The highest BCUT2D eigenvalue weighted by atomic mass is 35.5. The molecule has 0 saturated heterocycles. The fraction of sp³-hybridized carbons (Fsp3) is 0.300. The van der Waals surface area contributed by atoms with E-state index in [1.807, 2.05) is 0 Å². The molecule has 0 bridgehead atoms. The van der Waals surface area contributed by atoms with E-state index in [4.69, 9.17) is 21.1 Å². The van der Waals surface area contributed by atoms with E-state index < -0.39 is 11.5 Å². The number of nitrogens with zero attached hydrogens (tertiary/aromatic N) is 2. The van der Waals surface area contributed by atoms with Crippen LogP contribution in [0, 0.1) is 11.3 Å². The average Bonchev–Trinajstić information content (AvgIpc) is 3.10. The molecule has 1 aliphatic heterocycles. The Bertz CT molecular complexity index is 921. The third-order valence-corrected chi connectivity index (χ3v) is 4.72. The van der Waals surface area contributed by atoms with Gasteiger partial charge in [0.25, 0.3) is 5.91 Å². The monoisotopic (exact) mass is 386 g/mol. The quantitative estimate of drug-likeness (QED) is 0.854. The summed E-state index contributed by atoms with van der Waals surface area (Å²) in [6.07, 6.45) is 0.576. The normalized spacial score (nSPS) is 14.9. The Balaban J connectivity index is 1.77. The zero-order valence-corrected chi connectivity index (χ0v) is 15.8. The Labute approximate surface area is 162 Å². The molecule has 0 fully saturated rings. The van der Waals surface area contributed by atoms with Crippen LogP contribution >= 0.6 is 11.6 Å². The summed E-state index contributed by atoms with van der Waals surface area (Å²) in [4.78, 5) is 14.4. The molecule has 1 heterocycles. The summed E-state index contributed by atoms with van der Waals surface area (Å²) in [5.41, 5.74) is 0.270. The van der Waals surface area contributed by atoms with E-state index in [9.17, 15) is 15.2 Å². The first kappa shape index (κ1) is 19.0. The number of hydrogen-bond donors (Lipinski definition) is 1. The van der Waals surface area contributed by atoms with Crippen molar-refractivity contribution in [2.24, 2.45) is 0 Å². The van der Waals surface area contributed by atoms with Gasteiger partial charge >= 0.3 is 0 Å². The Morgan fingerprint density at radius 1 is 1.37 bits per heavy atom. The minimum Gasteiger partial charge on any atom is -0.493 e. The first-order valence-electron chi connectivity index (χ1n) is 8.40. The van der Waals surface area contributed by atoms with Gasteiger partial charge in [0.05, 0.1) is 18.7 Å². The molecule has 3 rings (SSSR count). The minimum atomic E-state index is -1.76. The fourth-order valence-corrected chi connectivity index (χ4v) is 3.24. The van der Waals surface area contributed by atoms with Crippen LogP contribution in [0.2, 0.25) is 5.02 Å². The van der Waals surface area contributed by atoms with Gasteiger partial charge in [0.1, 0.15) is 6.61 Å². The summed E-state index contributed by atoms with van der Waals surface area (Å²) < 4.78 is 10.8. The van der Waals surface area contributed by atoms with Gasteiger partial charge < -0.3 is 19.5 Å². The summed E-state index contributed by atoms with van der Waals surface area (Å²) in [5.74, 6) is 0.309. The van der Waals surface area contributed by atoms with E-state index in [0.29, 0.717) is 40.7 Å². The van der Waals surface area contributed by atoms with E-state index >= 15 is 0 Å². The highest BCUT2D eigenvalue weighted by Gasteiger charge is 2.39. The van der Waals surface area contributed by atoms with Gasteiger partial charge in [0.15, 0.2) is 17.1 Å². The highest BCUT2D eigenvalue weighted by molar-refractivity contribution is 6.30. The molecule has 0 unspecified atom stereocenters.